The van der Waals surface area contributed by atoms with Crippen LogP contribution >= 0.6 is 0 Å². The lowest BCUT2D eigenvalue weighted by molar-refractivity contribution is -0.0960. The van der Waals surface area contributed by atoms with Crippen LogP contribution in [0.4, 0.5) is 0 Å². The maximum atomic E-state index is 12.2. The fourth-order valence-electron chi connectivity index (χ4n) is 1.50. The van der Waals surface area contributed by atoms with Crippen LogP contribution in [0, 0.1) is 0 Å². The summed E-state index contributed by atoms with van der Waals surface area (Å²) in [5.74, 6) is -0.721. The Kier molecular flexibility index (Phi) is 6.08. The van der Waals surface area contributed by atoms with Crippen LogP contribution < -0.4 is 4.72 Å². The second-order valence-electron chi connectivity index (χ2n) is 3.74. The summed E-state index contributed by atoms with van der Waals surface area (Å²) in [5, 5.41) is 0. The second-order valence-corrected chi connectivity index (χ2v) is 5.48. The molecule has 8 heteroatoms. The van der Waals surface area contributed by atoms with Crippen LogP contribution in [0.3, 0.4) is 0 Å². The van der Waals surface area contributed by atoms with Crippen molar-refractivity contribution in [1.82, 2.24) is 4.72 Å². The van der Waals surface area contributed by atoms with E-state index in [4.69, 9.17) is 9.47 Å². The molecule has 1 rings (SSSR count). The number of sulfonamides is 1. The molecule has 112 valence electrons. The molecule has 0 aromatic heterocycles. The third kappa shape index (κ3) is 4.01. The molecule has 1 aromatic rings. The molecule has 1 N–H and O–H groups in total. The summed E-state index contributed by atoms with van der Waals surface area (Å²) in [5.41, 5.74) is -0.0334. The highest BCUT2D eigenvalue weighted by atomic mass is 32.2. The number of esters is 1. The van der Waals surface area contributed by atoms with Gasteiger partial charge < -0.3 is 14.2 Å². The number of hydrogen-bond acceptors (Lipinski definition) is 6. The highest BCUT2D eigenvalue weighted by molar-refractivity contribution is 7.89. The highest BCUT2D eigenvalue weighted by Gasteiger charge is 2.23. The normalized spacial score (nSPS) is 11.6. The Morgan fingerprint density at radius 3 is 2.35 bits per heavy atom. The number of benzene rings is 1. The summed E-state index contributed by atoms with van der Waals surface area (Å²) in [6, 6.07) is 5.78. The predicted octanol–water partition coefficient (Wildman–Crippen LogP) is 0.370. The first-order valence-corrected chi connectivity index (χ1v) is 7.17. The first kappa shape index (κ1) is 16.6. The van der Waals surface area contributed by atoms with Gasteiger partial charge in [0.25, 0.3) is 0 Å². The summed E-state index contributed by atoms with van der Waals surface area (Å²) in [7, 11) is 0.101. The van der Waals surface area contributed by atoms with Crippen molar-refractivity contribution in [2.45, 2.75) is 11.2 Å². The van der Waals surface area contributed by atoms with E-state index in [0.717, 1.165) is 0 Å². The van der Waals surface area contributed by atoms with E-state index in [1.165, 1.54) is 39.5 Å². The Hall–Kier alpha value is -1.48. The van der Waals surface area contributed by atoms with Crippen LogP contribution in [0.2, 0.25) is 0 Å². The van der Waals surface area contributed by atoms with Gasteiger partial charge in [-0.1, -0.05) is 12.1 Å². The number of nitrogens with one attached hydrogen (secondary N) is 1. The fourth-order valence-corrected chi connectivity index (χ4v) is 2.71. The van der Waals surface area contributed by atoms with Crippen LogP contribution in [0.25, 0.3) is 0 Å². The molecule has 0 spiro atoms. The number of ether oxygens (including phenoxy) is 3. The zero-order valence-electron chi connectivity index (χ0n) is 11.5. The molecule has 0 aliphatic heterocycles. The van der Waals surface area contributed by atoms with Crippen molar-refractivity contribution >= 4 is 16.0 Å². The van der Waals surface area contributed by atoms with E-state index in [0.29, 0.717) is 0 Å². The van der Waals surface area contributed by atoms with Crippen molar-refractivity contribution in [1.29, 1.82) is 0 Å². The minimum absolute atomic E-state index is 0.0334. The lowest BCUT2D eigenvalue weighted by Crippen LogP contribution is -2.34. The molecule has 0 saturated heterocycles. The summed E-state index contributed by atoms with van der Waals surface area (Å²) in [6.45, 7) is -0.0785. The molecule has 0 bridgehead atoms. The summed E-state index contributed by atoms with van der Waals surface area (Å²) in [4.78, 5) is 11.4. The molecule has 0 heterocycles. The van der Waals surface area contributed by atoms with E-state index in [2.05, 4.69) is 9.46 Å². The van der Waals surface area contributed by atoms with Gasteiger partial charge >= 0.3 is 5.97 Å². The predicted molar refractivity (Wildman–Crippen MR) is 70.8 cm³/mol. The summed E-state index contributed by atoms with van der Waals surface area (Å²) >= 11 is 0. The Bertz CT molecular complexity index is 553. The van der Waals surface area contributed by atoms with Gasteiger partial charge in [-0.3, -0.25) is 0 Å². The minimum Gasteiger partial charge on any atom is -0.465 e. The number of methoxy groups -OCH3 is 3. The van der Waals surface area contributed by atoms with Gasteiger partial charge in [0.2, 0.25) is 10.0 Å². The molecule has 0 fully saturated rings. The third-order valence-corrected chi connectivity index (χ3v) is 4.03. The first-order valence-electron chi connectivity index (χ1n) is 5.69. The van der Waals surface area contributed by atoms with Crippen LogP contribution in [-0.2, 0) is 24.2 Å². The van der Waals surface area contributed by atoms with E-state index < -0.39 is 22.3 Å². The monoisotopic (exact) mass is 303 g/mol. The molecular weight excluding hydrogens is 286 g/mol. The number of hydrogen-bond donors (Lipinski definition) is 1. The number of rotatable bonds is 7. The maximum Gasteiger partial charge on any atom is 0.339 e. The average Bonchev–Trinajstić information content (AvgIpc) is 2.47. The van der Waals surface area contributed by atoms with E-state index >= 15 is 0 Å². The quantitative estimate of drug-likeness (QED) is 0.578. The summed E-state index contributed by atoms with van der Waals surface area (Å²) < 4.78 is 41.0. The van der Waals surface area contributed by atoms with Crippen molar-refractivity contribution in [3.63, 3.8) is 0 Å². The maximum absolute atomic E-state index is 12.2. The molecule has 1 aromatic carbocycles. The van der Waals surface area contributed by atoms with Gasteiger partial charge in [0, 0.05) is 14.2 Å². The van der Waals surface area contributed by atoms with Gasteiger partial charge in [0.15, 0.2) is 6.29 Å². The van der Waals surface area contributed by atoms with Crippen LogP contribution in [-0.4, -0.2) is 48.6 Å². The largest absolute Gasteiger partial charge is 0.465 e. The molecule has 0 amide bonds. The van der Waals surface area contributed by atoms with Crippen LogP contribution in [0.5, 0.6) is 0 Å². The molecule has 0 aliphatic carbocycles. The second kappa shape index (κ2) is 7.34. The molecule has 0 radical (unpaired) electrons. The van der Waals surface area contributed by atoms with Crippen LogP contribution in [0.1, 0.15) is 10.4 Å². The Morgan fingerprint density at radius 2 is 1.80 bits per heavy atom. The van der Waals surface area contributed by atoms with E-state index in [1.54, 1.807) is 6.07 Å². The lowest BCUT2D eigenvalue weighted by Gasteiger charge is -2.15. The summed E-state index contributed by atoms with van der Waals surface area (Å²) in [6.07, 6.45) is -0.713. The van der Waals surface area contributed by atoms with Crippen molar-refractivity contribution < 1.29 is 27.4 Å². The van der Waals surface area contributed by atoms with Crippen molar-refractivity contribution in [2.75, 3.05) is 27.9 Å². The molecule has 0 saturated carbocycles. The van der Waals surface area contributed by atoms with Gasteiger partial charge in [-0.05, 0) is 12.1 Å². The topological polar surface area (TPSA) is 90.9 Å². The first-order chi connectivity index (χ1) is 9.46. The molecular formula is C12H17NO6S. The number of carbonyl (C=O) groups is 1. The van der Waals surface area contributed by atoms with Gasteiger partial charge in [-0.15, -0.1) is 0 Å². The SMILES string of the molecule is COC(=O)c1ccccc1S(=O)(=O)NCC(OC)OC. The zero-order valence-corrected chi connectivity index (χ0v) is 12.3. The fraction of sp³-hybridized carbons (Fsp3) is 0.417. The van der Waals surface area contributed by atoms with Gasteiger partial charge in [0.1, 0.15) is 0 Å². The molecule has 20 heavy (non-hydrogen) atoms. The van der Waals surface area contributed by atoms with Crippen molar-refractivity contribution in [2.24, 2.45) is 0 Å². The standard InChI is InChI=1S/C12H17NO6S/c1-17-11(18-2)8-13-20(15,16)10-7-5-4-6-9(10)12(14)19-3/h4-7,11,13H,8H2,1-3H3. The van der Waals surface area contributed by atoms with Crippen LogP contribution in [0.15, 0.2) is 29.2 Å². The minimum atomic E-state index is -3.87. The van der Waals surface area contributed by atoms with Crippen molar-refractivity contribution in [3.8, 4) is 0 Å². The molecule has 7 nitrogen and oxygen atoms in total. The Labute approximate surface area is 117 Å². The molecule has 0 aliphatic rings. The van der Waals surface area contributed by atoms with E-state index in [-0.39, 0.29) is 17.0 Å². The van der Waals surface area contributed by atoms with Gasteiger partial charge in [0.05, 0.1) is 24.1 Å². The Balaban J connectivity index is 3.01. The molecule has 0 atom stereocenters. The molecule has 0 unspecified atom stereocenters. The van der Waals surface area contributed by atoms with Crippen molar-refractivity contribution in [3.05, 3.63) is 29.8 Å². The van der Waals surface area contributed by atoms with Gasteiger partial charge in [-0.25, -0.2) is 17.9 Å². The third-order valence-electron chi connectivity index (χ3n) is 2.55. The van der Waals surface area contributed by atoms with E-state index in [9.17, 15) is 13.2 Å². The lowest BCUT2D eigenvalue weighted by atomic mass is 10.2. The highest BCUT2D eigenvalue weighted by Crippen LogP contribution is 2.16. The Morgan fingerprint density at radius 1 is 1.20 bits per heavy atom. The smallest absolute Gasteiger partial charge is 0.339 e. The average molecular weight is 303 g/mol. The van der Waals surface area contributed by atoms with Gasteiger partial charge in [-0.2, -0.15) is 0 Å². The van der Waals surface area contributed by atoms with E-state index in [1.807, 2.05) is 0 Å². The number of carbonyl (C=O) groups excluding carboxylic acids is 1. The zero-order chi connectivity index (χ0) is 15.2.